The summed E-state index contributed by atoms with van der Waals surface area (Å²) in [6.45, 7) is 3.48. The highest BCUT2D eigenvalue weighted by atomic mass is 16.5. The van der Waals surface area contributed by atoms with Crippen molar-refractivity contribution in [1.29, 1.82) is 0 Å². The molecule has 0 bridgehead atoms. The molecule has 3 N–H and O–H groups in total. The minimum Gasteiger partial charge on any atom is -0.507 e. The standard InChI is InChI=1S/C22H20O6/c1-10-12-4-3-5-16(28-2)18(12)22(27)19-17(10)21(26)14-8-11(15(24)9-23)6-7-13(14)20(19)25/h3-5,11,23,25-26H,1,6-9H2,2H3. The number of methoxy groups -OCH3 is 1. The normalized spacial score (nSPS) is 17.6. The zero-order valence-electron chi connectivity index (χ0n) is 15.4. The number of carbonyl (C=O) groups excluding carboxylic acids is 2. The Balaban J connectivity index is 1.95. The molecular weight excluding hydrogens is 360 g/mol. The number of Topliss-reactive ketones (excluding diaryl/α,β-unsaturated/α-hetero) is 1. The van der Waals surface area contributed by atoms with Gasteiger partial charge < -0.3 is 20.1 Å². The van der Waals surface area contributed by atoms with Crippen molar-refractivity contribution >= 4 is 17.1 Å². The maximum atomic E-state index is 13.2. The molecule has 28 heavy (non-hydrogen) atoms. The zero-order valence-corrected chi connectivity index (χ0v) is 15.4. The first kappa shape index (κ1) is 18.3. The van der Waals surface area contributed by atoms with E-state index in [4.69, 9.17) is 9.84 Å². The molecular formula is C22H20O6. The van der Waals surface area contributed by atoms with E-state index in [1.54, 1.807) is 18.2 Å². The van der Waals surface area contributed by atoms with E-state index in [1.165, 1.54) is 7.11 Å². The van der Waals surface area contributed by atoms with Crippen LogP contribution in [-0.2, 0) is 17.6 Å². The first-order valence-electron chi connectivity index (χ1n) is 9.05. The van der Waals surface area contributed by atoms with Gasteiger partial charge in [-0.3, -0.25) is 9.59 Å². The molecule has 2 aromatic carbocycles. The number of aliphatic hydroxyl groups is 1. The lowest BCUT2D eigenvalue weighted by Gasteiger charge is -2.30. The minimum atomic E-state index is -0.559. The minimum absolute atomic E-state index is 0.0187. The third-order valence-corrected chi connectivity index (χ3v) is 5.79. The summed E-state index contributed by atoms with van der Waals surface area (Å²) < 4.78 is 5.31. The maximum Gasteiger partial charge on any atom is 0.201 e. The summed E-state index contributed by atoms with van der Waals surface area (Å²) in [5, 5.41) is 31.1. The molecule has 0 spiro atoms. The molecule has 144 valence electrons. The van der Waals surface area contributed by atoms with Crippen LogP contribution >= 0.6 is 0 Å². The number of aromatic hydroxyl groups is 2. The Hall–Kier alpha value is -3.12. The number of aliphatic hydroxyl groups excluding tert-OH is 1. The van der Waals surface area contributed by atoms with Gasteiger partial charge in [0.15, 0.2) is 5.78 Å². The number of phenols is 2. The molecule has 2 aliphatic rings. The van der Waals surface area contributed by atoms with E-state index in [-0.39, 0.29) is 34.8 Å². The number of hydrogen-bond donors (Lipinski definition) is 3. The van der Waals surface area contributed by atoms with Crippen LogP contribution in [0.15, 0.2) is 24.8 Å². The Kier molecular flexibility index (Phi) is 4.23. The number of hydrogen-bond acceptors (Lipinski definition) is 6. The van der Waals surface area contributed by atoms with Crippen LogP contribution in [0.2, 0.25) is 0 Å². The molecule has 2 aliphatic carbocycles. The van der Waals surface area contributed by atoms with Crippen molar-refractivity contribution in [1.82, 2.24) is 0 Å². The van der Waals surface area contributed by atoms with Gasteiger partial charge in [0.05, 0.1) is 18.2 Å². The van der Waals surface area contributed by atoms with Crippen LogP contribution in [0.1, 0.15) is 44.6 Å². The average Bonchev–Trinajstić information content (AvgIpc) is 2.72. The molecule has 2 aromatic rings. The van der Waals surface area contributed by atoms with E-state index in [1.807, 2.05) is 0 Å². The van der Waals surface area contributed by atoms with E-state index < -0.39 is 18.3 Å². The van der Waals surface area contributed by atoms with Gasteiger partial charge >= 0.3 is 0 Å². The fraction of sp³-hybridized carbons (Fsp3) is 0.273. The highest BCUT2D eigenvalue weighted by Gasteiger charge is 2.38. The van der Waals surface area contributed by atoms with Crippen LogP contribution in [-0.4, -0.2) is 40.6 Å². The Labute approximate surface area is 161 Å². The molecule has 0 fully saturated rings. The number of phenolic OH excluding ortho intramolecular Hbond substituents is 2. The van der Waals surface area contributed by atoms with Gasteiger partial charge in [0, 0.05) is 22.6 Å². The molecule has 6 nitrogen and oxygen atoms in total. The number of fused-ring (bicyclic) bond motifs is 3. The highest BCUT2D eigenvalue weighted by Crippen LogP contribution is 2.50. The third-order valence-electron chi connectivity index (χ3n) is 5.79. The number of rotatable bonds is 3. The van der Waals surface area contributed by atoms with E-state index in [0.29, 0.717) is 46.4 Å². The van der Waals surface area contributed by atoms with Gasteiger partial charge in [-0.25, -0.2) is 0 Å². The molecule has 6 heteroatoms. The van der Waals surface area contributed by atoms with Crippen molar-refractivity contribution in [3.05, 3.63) is 58.2 Å². The van der Waals surface area contributed by atoms with E-state index >= 15 is 0 Å². The predicted octanol–water partition coefficient (Wildman–Crippen LogP) is 2.38. The first-order chi connectivity index (χ1) is 13.4. The fourth-order valence-electron chi connectivity index (χ4n) is 4.35. The lowest BCUT2D eigenvalue weighted by atomic mass is 9.74. The number of ether oxygens (including phenoxy) is 1. The number of ketones is 2. The molecule has 0 saturated heterocycles. The fourth-order valence-corrected chi connectivity index (χ4v) is 4.35. The maximum absolute atomic E-state index is 13.2. The van der Waals surface area contributed by atoms with E-state index in [0.717, 1.165) is 0 Å². The van der Waals surface area contributed by atoms with Gasteiger partial charge in [0.25, 0.3) is 0 Å². The molecule has 0 aromatic heterocycles. The van der Waals surface area contributed by atoms with Crippen LogP contribution in [0, 0.1) is 5.92 Å². The van der Waals surface area contributed by atoms with Crippen molar-refractivity contribution in [2.45, 2.75) is 19.3 Å². The van der Waals surface area contributed by atoms with Gasteiger partial charge in [0.1, 0.15) is 23.9 Å². The van der Waals surface area contributed by atoms with Crippen molar-refractivity contribution in [2.24, 2.45) is 5.92 Å². The van der Waals surface area contributed by atoms with Crippen LogP contribution in [0.3, 0.4) is 0 Å². The SMILES string of the molecule is C=C1c2cccc(OC)c2C(=O)c2c(O)c3c(c(O)c21)CC(C(=O)CO)CC3. The molecule has 0 saturated carbocycles. The van der Waals surface area contributed by atoms with Crippen LogP contribution in [0.25, 0.3) is 5.57 Å². The summed E-state index contributed by atoms with van der Waals surface area (Å²) in [4.78, 5) is 25.2. The van der Waals surface area contributed by atoms with Gasteiger partial charge in [-0.15, -0.1) is 0 Å². The van der Waals surface area contributed by atoms with Gasteiger partial charge in [-0.1, -0.05) is 18.7 Å². The first-order valence-corrected chi connectivity index (χ1v) is 9.05. The second-order valence-electron chi connectivity index (χ2n) is 7.16. The summed E-state index contributed by atoms with van der Waals surface area (Å²) >= 11 is 0. The summed E-state index contributed by atoms with van der Waals surface area (Å²) in [6, 6.07) is 5.11. The van der Waals surface area contributed by atoms with Gasteiger partial charge in [-0.2, -0.15) is 0 Å². The molecule has 0 heterocycles. The molecule has 1 unspecified atom stereocenters. The highest BCUT2D eigenvalue weighted by molar-refractivity contribution is 6.22. The Morgan fingerprint density at radius 3 is 2.57 bits per heavy atom. The third kappa shape index (κ3) is 2.38. The molecule has 4 rings (SSSR count). The van der Waals surface area contributed by atoms with Crippen molar-refractivity contribution in [2.75, 3.05) is 13.7 Å². The Morgan fingerprint density at radius 2 is 1.89 bits per heavy atom. The van der Waals surface area contributed by atoms with E-state index in [9.17, 15) is 19.8 Å². The van der Waals surface area contributed by atoms with Crippen LogP contribution in [0.5, 0.6) is 17.2 Å². The van der Waals surface area contributed by atoms with Gasteiger partial charge in [0.2, 0.25) is 5.78 Å². The Morgan fingerprint density at radius 1 is 1.18 bits per heavy atom. The van der Waals surface area contributed by atoms with Crippen molar-refractivity contribution in [3.63, 3.8) is 0 Å². The molecule has 0 radical (unpaired) electrons. The van der Waals surface area contributed by atoms with Crippen molar-refractivity contribution in [3.8, 4) is 17.2 Å². The second kappa shape index (κ2) is 6.49. The van der Waals surface area contributed by atoms with Crippen LogP contribution < -0.4 is 4.74 Å². The summed E-state index contributed by atoms with van der Waals surface area (Å²) in [5.74, 6) is -1.10. The summed E-state index contributed by atoms with van der Waals surface area (Å²) in [6.07, 6.45) is 0.970. The molecule has 1 atom stereocenters. The van der Waals surface area contributed by atoms with Crippen LogP contribution in [0.4, 0.5) is 0 Å². The van der Waals surface area contributed by atoms with Gasteiger partial charge in [-0.05, 0) is 36.5 Å². The lowest BCUT2D eigenvalue weighted by Crippen LogP contribution is -2.26. The quantitative estimate of drug-likeness (QED) is 0.603. The van der Waals surface area contributed by atoms with Crippen molar-refractivity contribution < 1.29 is 29.6 Å². The second-order valence-corrected chi connectivity index (χ2v) is 7.16. The topological polar surface area (TPSA) is 104 Å². The molecule has 0 amide bonds. The lowest BCUT2D eigenvalue weighted by molar-refractivity contribution is -0.125. The predicted molar refractivity (Wildman–Crippen MR) is 102 cm³/mol. The number of benzene rings is 2. The monoisotopic (exact) mass is 380 g/mol. The average molecular weight is 380 g/mol. The Bertz CT molecular complexity index is 1050. The summed E-state index contributed by atoms with van der Waals surface area (Å²) in [5.41, 5.74) is 2.37. The smallest absolute Gasteiger partial charge is 0.201 e. The number of carbonyl (C=O) groups is 2. The summed E-state index contributed by atoms with van der Waals surface area (Å²) in [7, 11) is 1.46. The van der Waals surface area contributed by atoms with E-state index in [2.05, 4.69) is 6.58 Å². The largest absolute Gasteiger partial charge is 0.507 e. The molecule has 0 aliphatic heterocycles. The zero-order chi connectivity index (χ0) is 20.2.